The molecule has 0 radical (unpaired) electrons. The zero-order chi connectivity index (χ0) is 8.97. The molecule has 0 bridgehead atoms. The summed E-state index contributed by atoms with van der Waals surface area (Å²) >= 11 is 8.62. The van der Waals surface area contributed by atoms with E-state index in [1.165, 1.54) is 23.1 Å². The van der Waals surface area contributed by atoms with Crippen LogP contribution in [0.25, 0.3) is 0 Å². The van der Waals surface area contributed by atoms with E-state index in [1.54, 1.807) is 13.2 Å². The highest BCUT2D eigenvalue weighted by molar-refractivity contribution is 8.13. The normalized spacial score (nSPS) is 12.0. The van der Waals surface area contributed by atoms with Crippen LogP contribution in [0, 0.1) is 0 Å². The van der Waals surface area contributed by atoms with Gasteiger partial charge in [0.15, 0.2) is 5.17 Å². The van der Waals surface area contributed by atoms with Crippen LogP contribution in [0.2, 0.25) is 4.34 Å². The summed E-state index contributed by atoms with van der Waals surface area (Å²) in [4.78, 5) is 7.89. The highest BCUT2D eigenvalue weighted by atomic mass is 35.5. The molecule has 0 atom stereocenters. The van der Waals surface area contributed by atoms with E-state index < -0.39 is 0 Å². The molecule has 1 aromatic heterocycles. The molecule has 0 aliphatic carbocycles. The topological polar surface area (TPSA) is 51.3 Å². The Bertz CT molecular complexity index is 284. The van der Waals surface area contributed by atoms with Gasteiger partial charge in [0.1, 0.15) is 9.34 Å². The number of nitrogens with zero attached hydrogens (tertiary/aromatic N) is 2. The fraction of sp³-hybridized carbons (Fsp3) is 0.333. The van der Waals surface area contributed by atoms with E-state index in [9.17, 15) is 0 Å². The first kappa shape index (κ1) is 9.83. The van der Waals surface area contributed by atoms with Crippen molar-refractivity contribution in [1.82, 2.24) is 4.98 Å². The number of aromatic nitrogens is 1. The van der Waals surface area contributed by atoms with E-state index in [-0.39, 0.29) is 0 Å². The summed E-state index contributed by atoms with van der Waals surface area (Å²) < 4.78 is 0.706. The second kappa shape index (κ2) is 4.69. The van der Waals surface area contributed by atoms with Crippen molar-refractivity contribution >= 4 is 39.9 Å². The molecule has 0 amide bonds. The van der Waals surface area contributed by atoms with E-state index in [0.717, 1.165) is 10.8 Å². The SMILES string of the molecule is CN=C(N)SCc1ncc(Cl)s1. The van der Waals surface area contributed by atoms with Crippen LogP contribution >= 0.6 is 34.7 Å². The number of nitrogens with two attached hydrogens (primary N) is 1. The average Bonchev–Trinajstić information content (AvgIpc) is 2.47. The van der Waals surface area contributed by atoms with Gasteiger partial charge in [-0.05, 0) is 0 Å². The van der Waals surface area contributed by atoms with Gasteiger partial charge in [0, 0.05) is 7.05 Å². The molecule has 0 fully saturated rings. The van der Waals surface area contributed by atoms with E-state index in [2.05, 4.69) is 9.98 Å². The van der Waals surface area contributed by atoms with Gasteiger partial charge in [-0.25, -0.2) is 4.98 Å². The minimum absolute atomic E-state index is 0.571. The summed E-state index contributed by atoms with van der Waals surface area (Å²) in [5.41, 5.74) is 5.48. The lowest BCUT2D eigenvalue weighted by Gasteiger charge is -1.94. The van der Waals surface area contributed by atoms with Crippen molar-refractivity contribution < 1.29 is 0 Å². The summed E-state index contributed by atoms with van der Waals surface area (Å²) in [6.45, 7) is 0. The fourth-order valence-electron chi connectivity index (χ4n) is 0.555. The van der Waals surface area contributed by atoms with Gasteiger partial charge < -0.3 is 5.73 Å². The van der Waals surface area contributed by atoms with E-state index in [0.29, 0.717) is 9.50 Å². The number of hydrogen-bond donors (Lipinski definition) is 1. The molecule has 1 aromatic rings. The summed E-state index contributed by atoms with van der Waals surface area (Å²) in [6.07, 6.45) is 1.64. The Kier molecular flexibility index (Phi) is 3.84. The van der Waals surface area contributed by atoms with E-state index in [4.69, 9.17) is 17.3 Å². The quantitative estimate of drug-likeness (QED) is 0.614. The molecule has 0 unspecified atom stereocenters. The number of aliphatic imine (C=N–C) groups is 1. The van der Waals surface area contributed by atoms with Crippen LogP contribution in [-0.4, -0.2) is 17.2 Å². The standard InChI is InChI=1S/C6H8ClN3S2/c1-9-6(8)11-3-5-10-2-4(7)12-5/h2H,3H2,1H3,(H2,8,9). The molecule has 0 saturated carbocycles. The monoisotopic (exact) mass is 221 g/mol. The van der Waals surface area contributed by atoms with Gasteiger partial charge >= 0.3 is 0 Å². The number of thiazole rings is 1. The Hall–Kier alpha value is -0.260. The molecule has 0 aliphatic heterocycles. The molecule has 66 valence electrons. The van der Waals surface area contributed by atoms with Gasteiger partial charge in [-0.2, -0.15) is 0 Å². The lowest BCUT2D eigenvalue weighted by atomic mass is 10.8. The highest BCUT2D eigenvalue weighted by Crippen LogP contribution is 2.21. The van der Waals surface area contributed by atoms with Gasteiger partial charge in [-0.3, -0.25) is 4.99 Å². The minimum Gasteiger partial charge on any atom is -0.379 e. The van der Waals surface area contributed by atoms with Crippen molar-refractivity contribution in [1.29, 1.82) is 0 Å². The molecule has 12 heavy (non-hydrogen) atoms. The third-order valence-corrected chi connectivity index (χ3v) is 3.28. The maximum Gasteiger partial charge on any atom is 0.154 e. The smallest absolute Gasteiger partial charge is 0.154 e. The zero-order valence-corrected chi connectivity index (χ0v) is 8.84. The Labute approximate surface area is 84.0 Å². The van der Waals surface area contributed by atoms with E-state index in [1.807, 2.05) is 0 Å². The van der Waals surface area contributed by atoms with Crippen molar-refractivity contribution in [2.24, 2.45) is 10.7 Å². The van der Waals surface area contributed by atoms with Crippen molar-refractivity contribution in [2.45, 2.75) is 5.75 Å². The fourth-order valence-corrected chi connectivity index (χ4v) is 2.19. The van der Waals surface area contributed by atoms with E-state index >= 15 is 0 Å². The second-order valence-corrected chi connectivity index (χ2v) is 4.65. The maximum atomic E-state index is 5.69. The van der Waals surface area contributed by atoms with Crippen molar-refractivity contribution in [2.75, 3.05) is 7.05 Å². The molecule has 1 heterocycles. The molecule has 0 saturated heterocycles. The molecule has 3 nitrogen and oxygen atoms in total. The molecule has 0 aliphatic rings. The van der Waals surface area contributed by atoms with Crippen LogP contribution in [0.15, 0.2) is 11.2 Å². The number of thioether (sulfide) groups is 1. The third kappa shape index (κ3) is 3.00. The Morgan fingerprint density at radius 1 is 1.92 bits per heavy atom. The first-order valence-corrected chi connectivity index (χ1v) is 5.35. The summed E-state index contributed by atoms with van der Waals surface area (Å²) in [6, 6.07) is 0. The van der Waals surface area contributed by atoms with Crippen LogP contribution < -0.4 is 5.73 Å². The van der Waals surface area contributed by atoms with Crippen LogP contribution in [0.1, 0.15) is 5.01 Å². The van der Waals surface area contributed by atoms with Crippen LogP contribution in [0.3, 0.4) is 0 Å². The molecule has 0 spiro atoms. The van der Waals surface area contributed by atoms with Gasteiger partial charge in [0.05, 0.1) is 11.9 Å². The molecule has 1 rings (SSSR count). The lowest BCUT2D eigenvalue weighted by molar-refractivity contribution is 1.27. The molecular weight excluding hydrogens is 214 g/mol. The van der Waals surface area contributed by atoms with Crippen molar-refractivity contribution in [3.8, 4) is 0 Å². The van der Waals surface area contributed by atoms with Gasteiger partial charge in [-0.1, -0.05) is 23.4 Å². The third-order valence-electron chi connectivity index (χ3n) is 1.09. The highest BCUT2D eigenvalue weighted by Gasteiger charge is 2.00. The van der Waals surface area contributed by atoms with Gasteiger partial charge in [0.25, 0.3) is 0 Å². The number of hydrogen-bond acceptors (Lipinski definition) is 4. The van der Waals surface area contributed by atoms with Crippen LogP contribution in [0.5, 0.6) is 0 Å². The first-order valence-electron chi connectivity index (χ1n) is 3.17. The largest absolute Gasteiger partial charge is 0.379 e. The van der Waals surface area contributed by atoms with Gasteiger partial charge in [0.2, 0.25) is 0 Å². The first-order chi connectivity index (χ1) is 5.72. The lowest BCUT2D eigenvalue weighted by Crippen LogP contribution is -2.05. The second-order valence-electron chi connectivity index (χ2n) is 1.91. The molecule has 2 N–H and O–H groups in total. The molecular formula is C6H8ClN3S2. The summed E-state index contributed by atoms with van der Waals surface area (Å²) in [5, 5.41) is 1.54. The summed E-state index contributed by atoms with van der Waals surface area (Å²) in [7, 11) is 1.66. The Balaban J connectivity index is 2.43. The molecule has 0 aromatic carbocycles. The Morgan fingerprint density at radius 2 is 2.67 bits per heavy atom. The molecule has 6 heteroatoms. The van der Waals surface area contributed by atoms with Crippen LogP contribution in [-0.2, 0) is 5.75 Å². The predicted molar refractivity (Wildman–Crippen MR) is 56.0 cm³/mol. The summed E-state index contributed by atoms with van der Waals surface area (Å²) in [5.74, 6) is 0.737. The van der Waals surface area contributed by atoms with Crippen molar-refractivity contribution in [3.05, 3.63) is 15.5 Å². The average molecular weight is 222 g/mol. The van der Waals surface area contributed by atoms with Crippen LogP contribution in [0.4, 0.5) is 0 Å². The maximum absolute atomic E-state index is 5.69. The number of halogens is 1. The van der Waals surface area contributed by atoms with Crippen molar-refractivity contribution in [3.63, 3.8) is 0 Å². The number of amidine groups is 1. The zero-order valence-electron chi connectivity index (χ0n) is 6.45. The Morgan fingerprint density at radius 3 is 3.17 bits per heavy atom. The number of rotatable bonds is 2. The predicted octanol–water partition coefficient (Wildman–Crippen LogP) is 1.97. The minimum atomic E-state index is 0.571. The van der Waals surface area contributed by atoms with Gasteiger partial charge in [-0.15, -0.1) is 11.3 Å².